The molecule has 0 atom stereocenters. The average Bonchev–Trinajstić information content (AvgIpc) is 2.83. The fourth-order valence-electron chi connectivity index (χ4n) is 1.62. The summed E-state index contributed by atoms with van der Waals surface area (Å²) in [6.45, 7) is 6.58. The molecule has 2 aromatic rings. The van der Waals surface area contributed by atoms with E-state index >= 15 is 0 Å². The second kappa shape index (κ2) is 5.40. The molecule has 19 heavy (non-hydrogen) atoms. The minimum Gasteiger partial charge on any atom is -0.396 e. The number of hydrogen-bond acceptors (Lipinski definition) is 5. The maximum Gasteiger partial charge on any atom is 0.260 e. The van der Waals surface area contributed by atoms with Gasteiger partial charge in [0.1, 0.15) is 0 Å². The Morgan fingerprint density at radius 2 is 2.05 bits per heavy atom. The van der Waals surface area contributed by atoms with E-state index in [1.165, 1.54) is 0 Å². The molecule has 5 heteroatoms. The highest BCUT2D eigenvalue weighted by Gasteiger charge is 2.18. The van der Waals surface area contributed by atoms with E-state index in [2.05, 4.69) is 15.5 Å². The van der Waals surface area contributed by atoms with Crippen molar-refractivity contribution >= 4 is 5.69 Å². The number of aryl methyl sites for hydroxylation is 1. The van der Waals surface area contributed by atoms with E-state index in [1.807, 2.05) is 38.1 Å². The Morgan fingerprint density at radius 3 is 2.68 bits per heavy atom. The zero-order chi connectivity index (χ0) is 13.9. The number of benzene rings is 1. The Kier molecular flexibility index (Phi) is 3.85. The van der Waals surface area contributed by atoms with Crippen LogP contribution in [0.15, 0.2) is 28.8 Å². The summed E-state index contributed by atoms with van der Waals surface area (Å²) >= 11 is 0. The molecule has 0 saturated carbocycles. The number of hydrogen-bond donors (Lipinski definition) is 2. The fourth-order valence-corrected chi connectivity index (χ4v) is 1.62. The smallest absolute Gasteiger partial charge is 0.260 e. The van der Waals surface area contributed by atoms with Crippen molar-refractivity contribution in [1.29, 1.82) is 0 Å². The second-order valence-electron chi connectivity index (χ2n) is 5.37. The zero-order valence-electron chi connectivity index (χ0n) is 11.5. The summed E-state index contributed by atoms with van der Waals surface area (Å²) in [4.78, 5) is 4.24. The lowest BCUT2D eigenvalue weighted by molar-refractivity contribution is 0.171. The molecule has 0 radical (unpaired) electrons. The first kappa shape index (κ1) is 13.5. The number of rotatable bonds is 5. The lowest BCUT2D eigenvalue weighted by Gasteiger charge is -2.23. The van der Waals surface area contributed by atoms with Gasteiger partial charge in [-0.3, -0.25) is 0 Å². The largest absolute Gasteiger partial charge is 0.396 e. The molecule has 0 aliphatic heterocycles. The standard InChI is InChI=1S/C14H19N3O2/c1-10-16-13(19-17-10)11-6-4-5-7-12(11)15-8-14(2,3)9-18/h4-7,15,18H,8-9H2,1-3H3. The highest BCUT2D eigenvalue weighted by Crippen LogP contribution is 2.27. The van der Waals surface area contributed by atoms with Gasteiger partial charge in [0, 0.05) is 24.3 Å². The number of aliphatic hydroxyl groups is 1. The normalized spacial score (nSPS) is 11.6. The molecule has 0 saturated heterocycles. The van der Waals surface area contributed by atoms with E-state index in [1.54, 1.807) is 6.92 Å². The van der Waals surface area contributed by atoms with Gasteiger partial charge in [-0.05, 0) is 19.1 Å². The Labute approximate surface area is 112 Å². The molecule has 0 bridgehead atoms. The van der Waals surface area contributed by atoms with Crippen LogP contribution in [0.25, 0.3) is 11.5 Å². The van der Waals surface area contributed by atoms with E-state index < -0.39 is 0 Å². The first-order valence-corrected chi connectivity index (χ1v) is 6.26. The maximum absolute atomic E-state index is 9.28. The maximum atomic E-state index is 9.28. The molecule has 0 fully saturated rings. The van der Waals surface area contributed by atoms with Crippen molar-refractivity contribution in [3.8, 4) is 11.5 Å². The minimum absolute atomic E-state index is 0.127. The van der Waals surface area contributed by atoms with Crippen LogP contribution in [0.5, 0.6) is 0 Å². The Hall–Kier alpha value is -1.88. The zero-order valence-corrected chi connectivity index (χ0v) is 11.5. The number of anilines is 1. The highest BCUT2D eigenvalue weighted by atomic mass is 16.5. The van der Waals surface area contributed by atoms with Gasteiger partial charge in [-0.25, -0.2) is 0 Å². The van der Waals surface area contributed by atoms with Gasteiger partial charge in [0.2, 0.25) is 0 Å². The van der Waals surface area contributed by atoms with Gasteiger partial charge in [-0.2, -0.15) is 4.98 Å². The molecule has 1 heterocycles. The molecule has 0 unspecified atom stereocenters. The first-order chi connectivity index (χ1) is 9.02. The van der Waals surface area contributed by atoms with Crippen molar-refractivity contribution in [2.75, 3.05) is 18.5 Å². The van der Waals surface area contributed by atoms with Gasteiger partial charge < -0.3 is 14.9 Å². The molecule has 5 nitrogen and oxygen atoms in total. The number of nitrogens with one attached hydrogen (secondary N) is 1. The van der Waals surface area contributed by atoms with Gasteiger partial charge in [-0.15, -0.1) is 0 Å². The molecule has 0 amide bonds. The van der Waals surface area contributed by atoms with Crippen molar-refractivity contribution in [3.63, 3.8) is 0 Å². The SMILES string of the molecule is Cc1noc(-c2ccccc2NCC(C)(C)CO)n1. The van der Waals surface area contributed by atoms with E-state index in [-0.39, 0.29) is 12.0 Å². The van der Waals surface area contributed by atoms with E-state index in [9.17, 15) is 5.11 Å². The van der Waals surface area contributed by atoms with Crippen LogP contribution in [-0.2, 0) is 0 Å². The monoisotopic (exact) mass is 261 g/mol. The molecular formula is C14H19N3O2. The van der Waals surface area contributed by atoms with E-state index in [0.717, 1.165) is 11.3 Å². The van der Waals surface area contributed by atoms with Crippen LogP contribution in [0.1, 0.15) is 19.7 Å². The molecule has 0 aliphatic carbocycles. The van der Waals surface area contributed by atoms with Crippen LogP contribution in [0.4, 0.5) is 5.69 Å². The molecule has 1 aromatic heterocycles. The molecule has 2 rings (SSSR count). The predicted octanol–water partition coefficient (Wildman–Crippen LogP) is 2.48. The quantitative estimate of drug-likeness (QED) is 0.865. The lowest BCUT2D eigenvalue weighted by atomic mass is 9.95. The lowest BCUT2D eigenvalue weighted by Crippen LogP contribution is -2.26. The summed E-state index contributed by atoms with van der Waals surface area (Å²) in [7, 11) is 0. The Balaban J connectivity index is 2.22. The van der Waals surface area contributed by atoms with Crippen LogP contribution in [-0.4, -0.2) is 28.4 Å². The van der Waals surface area contributed by atoms with Crippen LogP contribution < -0.4 is 5.32 Å². The number of aromatic nitrogens is 2. The van der Waals surface area contributed by atoms with Crippen LogP contribution >= 0.6 is 0 Å². The second-order valence-corrected chi connectivity index (χ2v) is 5.37. The summed E-state index contributed by atoms with van der Waals surface area (Å²) in [6, 6.07) is 7.77. The number of aliphatic hydroxyl groups excluding tert-OH is 1. The number of nitrogens with zero attached hydrogens (tertiary/aromatic N) is 2. The van der Waals surface area contributed by atoms with Gasteiger partial charge >= 0.3 is 0 Å². The van der Waals surface area contributed by atoms with Crippen molar-refractivity contribution < 1.29 is 9.63 Å². The van der Waals surface area contributed by atoms with Gasteiger partial charge in [-0.1, -0.05) is 31.1 Å². The molecule has 102 valence electrons. The Bertz CT molecular complexity index is 549. The summed E-state index contributed by atoms with van der Waals surface area (Å²) in [6.07, 6.45) is 0. The third-order valence-corrected chi connectivity index (χ3v) is 2.87. The summed E-state index contributed by atoms with van der Waals surface area (Å²) in [5.74, 6) is 1.11. The fraction of sp³-hybridized carbons (Fsp3) is 0.429. The predicted molar refractivity (Wildman–Crippen MR) is 73.8 cm³/mol. The summed E-state index contributed by atoms with van der Waals surface area (Å²) < 4.78 is 5.20. The van der Waals surface area contributed by atoms with Crippen molar-refractivity contribution in [2.24, 2.45) is 5.41 Å². The van der Waals surface area contributed by atoms with E-state index in [0.29, 0.717) is 18.3 Å². The summed E-state index contributed by atoms with van der Waals surface area (Å²) in [5, 5.41) is 16.4. The molecular weight excluding hydrogens is 242 g/mol. The number of para-hydroxylation sites is 1. The molecule has 1 aromatic carbocycles. The molecule has 2 N–H and O–H groups in total. The van der Waals surface area contributed by atoms with Gasteiger partial charge in [0.05, 0.1) is 5.56 Å². The van der Waals surface area contributed by atoms with Crippen molar-refractivity contribution in [3.05, 3.63) is 30.1 Å². The van der Waals surface area contributed by atoms with Crippen LogP contribution in [0.3, 0.4) is 0 Å². The molecule has 0 aliphatic rings. The average molecular weight is 261 g/mol. The van der Waals surface area contributed by atoms with Crippen LogP contribution in [0, 0.1) is 12.3 Å². The third kappa shape index (κ3) is 3.32. The first-order valence-electron chi connectivity index (χ1n) is 6.26. The topological polar surface area (TPSA) is 71.2 Å². The molecule has 0 spiro atoms. The highest BCUT2D eigenvalue weighted by molar-refractivity contribution is 5.72. The van der Waals surface area contributed by atoms with Crippen molar-refractivity contribution in [2.45, 2.75) is 20.8 Å². The third-order valence-electron chi connectivity index (χ3n) is 2.87. The minimum atomic E-state index is -0.183. The summed E-state index contributed by atoms with van der Waals surface area (Å²) in [5.41, 5.74) is 1.61. The van der Waals surface area contributed by atoms with Crippen LogP contribution in [0.2, 0.25) is 0 Å². The van der Waals surface area contributed by atoms with Gasteiger partial charge in [0.15, 0.2) is 5.82 Å². The van der Waals surface area contributed by atoms with Crippen molar-refractivity contribution in [1.82, 2.24) is 10.1 Å². The Morgan fingerprint density at radius 1 is 1.32 bits per heavy atom. The van der Waals surface area contributed by atoms with Gasteiger partial charge in [0.25, 0.3) is 5.89 Å². The van der Waals surface area contributed by atoms with E-state index in [4.69, 9.17) is 4.52 Å².